The minimum atomic E-state index is 0.849. The van der Waals surface area contributed by atoms with Crippen LogP contribution in [0.25, 0.3) is 0 Å². The van der Waals surface area contributed by atoms with Crippen LogP contribution in [0.3, 0.4) is 0 Å². The summed E-state index contributed by atoms with van der Waals surface area (Å²) >= 11 is 0. The van der Waals surface area contributed by atoms with E-state index in [-0.39, 0.29) is 0 Å². The molecule has 0 saturated carbocycles. The third-order valence-electron chi connectivity index (χ3n) is 2.79. The molecule has 0 rings (SSSR count). The van der Waals surface area contributed by atoms with Crippen molar-refractivity contribution in [2.24, 2.45) is 11.8 Å². The molecule has 0 fully saturated rings. The Balaban J connectivity index is 3.15. The Hall–Kier alpha value is -0.0400. The van der Waals surface area contributed by atoms with Gasteiger partial charge in [0.2, 0.25) is 0 Å². The molecule has 13 heavy (non-hydrogen) atoms. The summed E-state index contributed by atoms with van der Waals surface area (Å²) in [5.74, 6) is 1.73. The molecule has 0 bridgehead atoms. The number of hydrogen-bond donors (Lipinski definition) is 1. The second kappa shape index (κ2) is 8.55. The SMILES string of the molecule is CCCC(C)CNCCC(C)CC. The highest BCUT2D eigenvalue weighted by Crippen LogP contribution is 2.05. The van der Waals surface area contributed by atoms with Gasteiger partial charge in [-0.3, -0.25) is 0 Å². The summed E-state index contributed by atoms with van der Waals surface area (Å²) in [4.78, 5) is 0. The van der Waals surface area contributed by atoms with E-state index in [2.05, 4.69) is 33.0 Å². The summed E-state index contributed by atoms with van der Waals surface area (Å²) in [6, 6.07) is 0. The third-order valence-corrected chi connectivity index (χ3v) is 2.79. The minimum Gasteiger partial charge on any atom is -0.316 e. The molecule has 0 aliphatic heterocycles. The molecule has 0 amide bonds. The summed E-state index contributed by atoms with van der Waals surface area (Å²) in [7, 11) is 0. The second-order valence-electron chi connectivity index (χ2n) is 4.40. The zero-order chi connectivity index (χ0) is 10.1. The lowest BCUT2D eigenvalue weighted by Crippen LogP contribution is -2.23. The van der Waals surface area contributed by atoms with Crippen LogP contribution in [0.15, 0.2) is 0 Å². The highest BCUT2D eigenvalue weighted by molar-refractivity contribution is 4.58. The molecule has 80 valence electrons. The van der Waals surface area contributed by atoms with Crippen LogP contribution in [0.5, 0.6) is 0 Å². The highest BCUT2D eigenvalue weighted by atomic mass is 14.8. The van der Waals surface area contributed by atoms with Crippen molar-refractivity contribution in [3.8, 4) is 0 Å². The largest absolute Gasteiger partial charge is 0.316 e. The smallest absolute Gasteiger partial charge is 0.00232 e. The molecule has 0 aromatic rings. The van der Waals surface area contributed by atoms with E-state index >= 15 is 0 Å². The quantitative estimate of drug-likeness (QED) is 0.571. The number of hydrogen-bond acceptors (Lipinski definition) is 1. The zero-order valence-electron chi connectivity index (χ0n) is 9.90. The summed E-state index contributed by atoms with van der Waals surface area (Å²) in [5, 5.41) is 3.54. The average Bonchev–Trinajstić information content (AvgIpc) is 2.12. The van der Waals surface area contributed by atoms with E-state index in [9.17, 15) is 0 Å². The molecule has 0 aliphatic carbocycles. The lowest BCUT2D eigenvalue weighted by Gasteiger charge is -2.13. The van der Waals surface area contributed by atoms with Crippen LogP contribution in [-0.2, 0) is 0 Å². The van der Waals surface area contributed by atoms with Gasteiger partial charge in [0.05, 0.1) is 0 Å². The molecule has 0 aliphatic rings. The van der Waals surface area contributed by atoms with Gasteiger partial charge in [-0.15, -0.1) is 0 Å². The number of rotatable bonds is 8. The molecule has 2 atom stereocenters. The van der Waals surface area contributed by atoms with Crippen LogP contribution < -0.4 is 5.32 Å². The molecule has 2 unspecified atom stereocenters. The highest BCUT2D eigenvalue weighted by Gasteiger charge is 2.01. The van der Waals surface area contributed by atoms with Crippen molar-refractivity contribution in [1.82, 2.24) is 5.32 Å². The van der Waals surface area contributed by atoms with Crippen LogP contribution in [0.4, 0.5) is 0 Å². The maximum atomic E-state index is 3.54. The average molecular weight is 185 g/mol. The van der Waals surface area contributed by atoms with Crippen LogP contribution in [0, 0.1) is 11.8 Å². The van der Waals surface area contributed by atoms with Crippen molar-refractivity contribution in [3.63, 3.8) is 0 Å². The van der Waals surface area contributed by atoms with Crippen molar-refractivity contribution in [3.05, 3.63) is 0 Å². The first kappa shape index (κ1) is 13.0. The molecule has 0 aromatic heterocycles. The first-order valence-corrected chi connectivity index (χ1v) is 5.91. The maximum absolute atomic E-state index is 3.54. The summed E-state index contributed by atoms with van der Waals surface area (Å²) in [5.41, 5.74) is 0. The summed E-state index contributed by atoms with van der Waals surface area (Å²) in [6.07, 6.45) is 5.31. The van der Waals surface area contributed by atoms with E-state index in [0.29, 0.717) is 0 Å². The maximum Gasteiger partial charge on any atom is -0.00232 e. The van der Waals surface area contributed by atoms with Gasteiger partial charge in [0.1, 0.15) is 0 Å². The van der Waals surface area contributed by atoms with Crippen LogP contribution in [-0.4, -0.2) is 13.1 Å². The Morgan fingerprint density at radius 3 is 2.23 bits per heavy atom. The van der Waals surface area contributed by atoms with E-state index in [4.69, 9.17) is 0 Å². The molecular formula is C12H27N. The van der Waals surface area contributed by atoms with Crippen LogP contribution in [0.2, 0.25) is 0 Å². The summed E-state index contributed by atoms with van der Waals surface area (Å²) < 4.78 is 0. The predicted octanol–water partition coefficient (Wildman–Crippen LogP) is 3.45. The fraction of sp³-hybridized carbons (Fsp3) is 1.00. The first-order valence-electron chi connectivity index (χ1n) is 5.91. The van der Waals surface area contributed by atoms with Gasteiger partial charge in [0.25, 0.3) is 0 Å². The van der Waals surface area contributed by atoms with Crippen molar-refractivity contribution in [2.45, 2.75) is 53.4 Å². The van der Waals surface area contributed by atoms with Gasteiger partial charge in [-0.25, -0.2) is 0 Å². The molecule has 1 nitrogen and oxygen atoms in total. The summed E-state index contributed by atoms with van der Waals surface area (Å²) in [6.45, 7) is 11.6. The lowest BCUT2D eigenvalue weighted by molar-refractivity contribution is 0.439. The van der Waals surface area contributed by atoms with Crippen molar-refractivity contribution < 1.29 is 0 Å². The molecule has 0 spiro atoms. The Morgan fingerprint density at radius 1 is 1.00 bits per heavy atom. The van der Waals surface area contributed by atoms with Gasteiger partial charge >= 0.3 is 0 Å². The van der Waals surface area contributed by atoms with Crippen LogP contribution in [0.1, 0.15) is 53.4 Å². The van der Waals surface area contributed by atoms with Crippen LogP contribution >= 0.6 is 0 Å². The Kier molecular flexibility index (Phi) is 8.53. The van der Waals surface area contributed by atoms with E-state index in [1.54, 1.807) is 0 Å². The van der Waals surface area contributed by atoms with Gasteiger partial charge in [0, 0.05) is 0 Å². The van der Waals surface area contributed by atoms with Gasteiger partial charge in [-0.05, 0) is 37.8 Å². The van der Waals surface area contributed by atoms with Gasteiger partial charge < -0.3 is 5.32 Å². The van der Waals surface area contributed by atoms with Crippen molar-refractivity contribution >= 4 is 0 Å². The van der Waals surface area contributed by atoms with Gasteiger partial charge in [-0.1, -0.05) is 40.5 Å². The fourth-order valence-electron chi connectivity index (χ4n) is 1.50. The zero-order valence-corrected chi connectivity index (χ0v) is 9.90. The van der Waals surface area contributed by atoms with Gasteiger partial charge in [-0.2, -0.15) is 0 Å². The Labute approximate surface area is 84.3 Å². The third kappa shape index (κ3) is 8.29. The molecule has 1 heteroatoms. The van der Waals surface area contributed by atoms with Crippen molar-refractivity contribution in [2.75, 3.05) is 13.1 Å². The minimum absolute atomic E-state index is 0.849. The lowest BCUT2D eigenvalue weighted by atomic mass is 10.0. The molecular weight excluding hydrogens is 158 g/mol. The Morgan fingerprint density at radius 2 is 1.69 bits per heavy atom. The second-order valence-corrected chi connectivity index (χ2v) is 4.40. The predicted molar refractivity (Wildman–Crippen MR) is 61.0 cm³/mol. The van der Waals surface area contributed by atoms with Gasteiger partial charge in [0.15, 0.2) is 0 Å². The van der Waals surface area contributed by atoms with Crippen molar-refractivity contribution in [1.29, 1.82) is 0 Å². The monoisotopic (exact) mass is 185 g/mol. The Bertz CT molecular complexity index is 101. The number of nitrogens with one attached hydrogen (secondary N) is 1. The normalized spacial score (nSPS) is 15.7. The first-order chi connectivity index (χ1) is 6.20. The standard InChI is InChI=1S/C12H27N/c1-5-7-12(4)10-13-9-8-11(3)6-2/h11-13H,5-10H2,1-4H3. The molecule has 1 N–H and O–H groups in total. The van der Waals surface area contributed by atoms with E-state index in [1.807, 2.05) is 0 Å². The molecule has 0 aromatic carbocycles. The van der Waals surface area contributed by atoms with E-state index < -0.39 is 0 Å². The molecule has 0 radical (unpaired) electrons. The molecule has 0 saturated heterocycles. The fourth-order valence-corrected chi connectivity index (χ4v) is 1.50. The molecule has 0 heterocycles. The van der Waals surface area contributed by atoms with E-state index in [1.165, 1.54) is 38.8 Å². The topological polar surface area (TPSA) is 12.0 Å². The van der Waals surface area contributed by atoms with E-state index in [0.717, 1.165) is 11.8 Å².